The number of nitrogens with one attached hydrogen (secondary N) is 1. The molecule has 1 heterocycles. The zero-order valence-electron chi connectivity index (χ0n) is 22.7. The van der Waals surface area contributed by atoms with Crippen molar-refractivity contribution >= 4 is 29.5 Å². The summed E-state index contributed by atoms with van der Waals surface area (Å²) in [5, 5.41) is 16.9. The first-order valence-corrected chi connectivity index (χ1v) is 15.1. The van der Waals surface area contributed by atoms with Crippen LogP contribution in [0.3, 0.4) is 0 Å². The van der Waals surface area contributed by atoms with Gasteiger partial charge in [0.05, 0.1) is 5.41 Å². The van der Waals surface area contributed by atoms with Gasteiger partial charge in [0.2, 0.25) is 11.7 Å². The molecule has 0 saturated heterocycles. The lowest BCUT2D eigenvalue weighted by atomic mass is 9.54. The number of likely N-dealkylation sites (N-methyl/N-ethyl adjacent to an activating group) is 1. The van der Waals surface area contributed by atoms with Crippen molar-refractivity contribution in [1.29, 1.82) is 0 Å². The standard InChI is InChI=1S/C28H41N3O6S/c1-28(2,27(35)31(3)14-21(32)33)15-36-26-24(38-20-7-5-4-6-8-20)23(37-30-26)25(34)29-22-18-10-16-9-17(12-18)13-19(22)11-16/h16-20,22H,4-15H2,1-3H3,(H,29,34)(H,32,33). The molecule has 0 spiro atoms. The van der Waals surface area contributed by atoms with Crippen LogP contribution in [0.1, 0.15) is 88.6 Å². The second kappa shape index (κ2) is 11.1. The van der Waals surface area contributed by atoms with Crippen LogP contribution in [0.5, 0.6) is 5.88 Å². The highest BCUT2D eigenvalue weighted by molar-refractivity contribution is 8.00. The van der Waals surface area contributed by atoms with Crippen molar-refractivity contribution in [3.05, 3.63) is 5.76 Å². The van der Waals surface area contributed by atoms with Crippen molar-refractivity contribution in [3.63, 3.8) is 0 Å². The van der Waals surface area contributed by atoms with Crippen LogP contribution in [0.4, 0.5) is 0 Å². The Labute approximate surface area is 228 Å². The second-order valence-corrected chi connectivity index (χ2v) is 14.0. The van der Waals surface area contributed by atoms with Gasteiger partial charge in [-0.05, 0) is 87.6 Å². The lowest BCUT2D eigenvalue weighted by Crippen LogP contribution is -2.55. The lowest BCUT2D eigenvalue weighted by Gasteiger charge is -2.54. The largest absolute Gasteiger partial charge is 0.480 e. The molecule has 5 saturated carbocycles. The van der Waals surface area contributed by atoms with Gasteiger partial charge in [0.1, 0.15) is 18.0 Å². The van der Waals surface area contributed by atoms with Crippen LogP contribution in [0.15, 0.2) is 9.42 Å². The first-order chi connectivity index (χ1) is 18.1. The number of amides is 2. The Bertz CT molecular complexity index is 1020. The fourth-order valence-corrected chi connectivity index (χ4v) is 8.77. The number of carboxylic acid groups (broad SMARTS) is 1. The quantitative estimate of drug-likeness (QED) is 0.436. The van der Waals surface area contributed by atoms with Crippen LogP contribution in [-0.2, 0) is 9.59 Å². The molecule has 2 N–H and O–H groups in total. The van der Waals surface area contributed by atoms with Crippen molar-refractivity contribution in [3.8, 4) is 5.88 Å². The summed E-state index contributed by atoms with van der Waals surface area (Å²) >= 11 is 1.60. The van der Waals surface area contributed by atoms with E-state index in [9.17, 15) is 14.4 Å². The van der Waals surface area contributed by atoms with Gasteiger partial charge in [0.15, 0.2) is 0 Å². The number of hydrogen-bond donors (Lipinski definition) is 2. The normalized spacial score (nSPS) is 28.8. The summed E-state index contributed by atoms with van der Waals surface area (Å²) in [6, 6.07) is 0.193. The predicted octanol–water partition coefficient (Wildman–Crippen LogP) is 4.60. The van der Waals surface area contributed by atoms with Gasteiger partial charge in [0.25, 0.3) is 11.8 Å². The van der Waals surface area contributed by atoms with Crippen LogP contribution >= 0.6 is 11.8 Å². The summed E-state index contributed by atoms with van der Waals surface area (Å²) in [5.74, 6) is 1.56. The molecule has 10 heteroatoms. The van der Waals surface area contributed by atoms with Crippen LogP contribution in [0, 0.1) is 29.1 Å². The molecule has 0 radical (unpaired) electrons. The molecule has 210 valence electrons. The molecule has 38 heavy (non-hydrogen) atoms. The highest BCUT2D eigenvalue weighted by Gasteiger charge is 2.49. The Kier molecular flexibility index (Phi) is 7.99. The lowest BCUT2D eigenvalue weighted by molar-refractivity contribution is -0.148. The van der Waals surface area contributed by atoms with E-state index in [0.29, 0.717) is 22.0 Å². The van der Waals surface area contributed by atoms with Gasteiger partial charge in [-0.25, -0.2) is 0 Å². The number of thioether (sulfide) groups is 1. The van der Waals surface area contributed by atoms with Crippen molar-refractivity contribution in [2.24, 2.45) is 29.1 Å². The molecule has 5 aliphatic rings. The fraction of sp³-hybridized carbons (Fsp3) is 0.786. The maximum absolute atomic E-state index is 13.6. The molecule has 0 atom stereocenters. The molecule has 0 aromatic carbocycles. The van der Waals surface area contributed by atoms with Gasteiger partial charge in [-0.1, -0.05) is 19.3 Å². The Balaban J connectivity index is 1.31. The SMILES string of the molecule is CN(CC(=O)O)C(=O)C(C)(C)COc1noc(C(=O)NC2C3CC4CC(C3)CC2C4)c1SC1CCCCC1. The predicted molar refractivity (Wildman–Crippen MR) is 142 cm³/mol. The van der Waals surface area contributed by atoms with E-state index in [1.807, 2.05) is 0 Å². The van der Waals surface area contributed by atoms with E-state index in [1.54, 1.807) is 25.6 Å². The number of rotatable bonds is 10. The topological polar surface area (TPSA) is 122 Å². The molecular weight excluding hydrogens is 506 g/mol. The van der Waals surface area contributed by atoms with Gasteiger partial charge < -0.3 is 24.6 Å². The summed E-state index contributed by atoms with van der Waals surface area (Å²) in [5.41, 5.74) is -0.987. The summed E-state index contributed by atoms with van der Waals surface area (Å²) in [4.78, 5) is 39.3. The molecule has 1 aromatic heterocycles. The molecular formula is C28H41N3O6S. The maximum atomic E-state index is 13.6. The Morgan fingerprint density at radius 3 is 2.32 bits per heavy atom. The van der Waals surface area contributed by atoms with E-state index in [4.69, 9.17) is 14.4 Å². The summed E-state index contributed by atoms with van der Waals surface area (Å²) in [7, 11) is 1.46. The van der Waals surface area contributed by atoms with Crippen molar-refractivity contribution in [2.45, 2.75) is 94.2 Å². The van der Waals surface area contributed by atoms with Gasteiger partial charge in [-0.15, -0.1) is 11.8 Å². The molecule has 5 fully saturated rings. The number of carboxylic acids is 1. The summed E-state index contributed by atoms with van der Waals surface area (Å²) < 4.78 is 11.7. The number of nitrogens with zero attached hydrogens (tertiary/aromatic N) is 2. The Morgan fingerprint density at radius 2 is 1.71 bits per heavy atom. The Morgan fingerprint density at radius 1 is 1.08 bits per heavy atom. The van der Waals surface area contributed by atoms with E-state index in [1.165, 1.54) is 50.5 Å². The highest BCUT2D eigenvalue weighted by atomic mass is 32.2. The second-order valence-electron chi connectivity index (χ2n) is 12.7. The average Bonchev–Trinajstić information content (AvgIpc) is 3.26. The minimum absolute atomic E-state index is 0.0167. The number of carbonyl (C=O) groups excluding carboxylic acids is 2. The van der Waals surface area contributed by atoms with E-state index >= 15 is 0 Å². The number of carbonyl (C=O) groups is 3. The van der Waals surface area contributed by atoms with Gasteiger partial charge in [-0.2, -0.15) is 0 Å². The van der Waals surface area contributed by atoms with Crippen molar-refractivity contribution < 1.29 is 28.8 Å². The van der Waals surface area contributed by atoms with E-state index in [-0.39, 0.29) is 42.6 Å². The van der Waals surface area contributed by atoms with Crippen LogP contribution in [0.25, 0.3) is 0 Å². The van der Waals surface area contributed by atoms with E-state index in [0.717, 1.165) is 37.5 Å². The molecule has 9 nitrogen and oxygen atoms in total. The summed E-state index contributed by atoms with van der Waals surface area (Å²) in [6.07, 6.45) is 11.9. The monoisotopic (exact) mass is 547 g/mol. The third-order valence-corrected chi connectivity index (χ3v) is 10.5. The fourth-order valence-electron chi connectivity index (χ4n) is 7.44. The van der Waals surface area contributed by atoms with Gasteiger partial charge in [0, 0.05) is 18.3 Å². The maximum Gasteiger partial charge on any atom is 0.323 e. The average molecular weight is 548 g/mol. The van der Waals surface area contributed by atoms with E-state index in [2.05, 4.69) is 10.5 Å². The number of aliphatic carboxylic acids is 1. The summed E-state index contributed by atoms with van der Waals surface area (Å²) in [6.45, 7) is 3.02. The molecule has 2 amide bonds. The molecule has 0 unspecified atom stereocenters. The molecule has 4 bridgehead atoms. The Hall–Kier alpha value is -2.23. The number of hydrogen-bond acceptors (Lipinski definition) is 7. The highest BCUT2D eigenvalue weighted by Crippen LogP contribution is 2.54. The molecule has 5 aliphatic carbocycles. The third kappa shape index (κ3) is 5.84. The number of aromatic nitrogens is 1. The van der Waals surface area contributed by atoms with Crippen LogP contribution < -0.4 is 10.1 Å². The zero-order chi connectivity index (χ0) is 27.0. The van der Waals surface area contributed by atoms with Gasteiger partial charge >= 0.3 is 5.97 Å². The minimum Gasteiger partial charge on any atom is -0.480 e. The van der Waals surface area contributed by atoms with Crippen molar-refractivity contribution in [1.82, 2.24) is 15.4 Å². The van der Waals surface area contributed by atoms with E-state index < -0.39 is 11.4 Å². The van der Waals surface area contributed by atoms with Crippen LogP contribution in [-0.4, -0.2) is 64.4 Å². The van der Waals surface area contributed by atoms with Gasteiger partial charge in [-0.3, -0.25) is 14.4 Å². The molecule has 0 aliphatic heterocycles. The number of ether oxygens (including phenoxy) is 1. The first kappa shape index (κ1) is 27.3. The molecule has 6 rings (SSSR count). The van der Waals surface area contributed by atoms with Crippen molar-refractivity contribution in [2.75, 3.05) is 20.2 Å². The zero-order valence-corrected chi connectivity index (χ0v) is 23.6. The van der Waals surface area contributed by atoms with Crippen LogP contribution in [0.2, 0.25) is 0 Å². The minimum atomic E-state index is -1.07. The smallest absolute Gasteiger partial charge is 0.323 e. The third-order valence-electron chi connectivity index (χ3n) is 9.06. The first-order valence-electron chi connectivity index (χ1n) is 14.2. The molecule has 1 aromatic rings.